The molecule has 4 heterocycles. The fourth-order valence-corrected chi connectivity index (χ4v) is 3.16. The fourth-order valence-electron chi connectivity index (χ4n) is 3.16. The lowest BCUT2D eigenvalue weighted by Gasteiger charge is -2.15. The largest absolute Gasteiger partial charge is 0.458 e. The molecular weight excluding hydrogens is 446 g/mol. The van der Waals surface area contributed by atoms with Crippen LogP contribution >= 0.6 is 0 Å². The first-order valence-electron chi connectivity index (χ1n) is 11.4. The highest BCUT2D eigenvalue weighted by atomic mass is 16.5. The number of para-hydroxylation sites is 1. The molecular formula is C27H33N3O5. The van der Waals surface area contributed by atoms with Gasteiger partial charge in [-0.25, -0.2) is 4.79 Å². The Labute approximate surface area is 206 Å². The smallest absolute Gasteiger partial charge is 0.333 e. The summed E-state index contributed by atoms with van der Waals surface area (Å²) in [5, 5.41) is 2.64. The van der Waals surface area contributed by atoms with E-state index in [4.69, 9.17) is 0 Å². The van der Waals surface area contributed by atoms with Gasteiger partial charge >= 0.3 is 5.97 Å². The summed E-state index contributed by atoms with van der Waals surface area (Å²) in [6, 6.07) is 9.73. The minimum absolute atomic E-state index is 0.0694. The number of carbonyl (C=O) groups is 4. The quantitative estimate of drug-likeness (QED) is 0.625. The number of likely N-dealkylation sites (N-methyl/N-ethyl adjacent to an activating group) is 1. The average Bonchev–Trinajstić information content (AvgIpc) is 3.59. The molecule has 186 valence electrons. The van der Waals surface area contributed by atoms with Crippen LogP contribution in [0.5, 0.6) is 0 Å². The molecule has 5 rings (SSSR count). The van der Waals surface area contributed by atoms with Gasteiger partial charge in [0.15, 0.2) is 0 Å². The van der Waals surface area contributed by atoms with Crippen LogP contribution in [-0.4, -0.2) is 61.9 Å². The summed E-state index contributed by atoms with van der Waals surface area (Å²) in [5.74, 6) is 0.163. The number of rotatable bonds is 1. The Morgan fingerprint density at radius 1 is 0.743 bits per heavy atom. The van der Waals surface area contributed by atoms with Gasteiger partial charge in [0.25, 0.3) is 5.91 Å². The van der Waals surface area contributed by atoms with Crippen LogP contribution in [0.15, 0.2) is 76.9 Å². The number of nitrogens with zero attached hydrogens (tertiary/aromatic N) is 2. The van der Waals surface area contributed by atoms with Crippen LogP contribution < -0.4 is 10.2 Å². The molecule has 0 radical (unpaired) electrons. The number of cyclic esters (lactones) is 1. The van der Waals surface area contributed by atoms with E-state index in [0.29, 0.717) is 19.7 Å². The third-order valence-electron chi connectivity index (χ3n) is 5.54. The average molecular weight is 480 g/mol. The highest BCUT2D eigenvalue weighted by molar-refractivity contribution is 6.07. The second-order valence-corrected chi connectivity index (χ2v) is 8.29. The van der Waals surface area contributed by atoms with Gasteiger partial charge in [0.2, 0.25) is 11.8 Å². The highest BCUT2D eigenvalue weighted by Gasteiger charge is 2.21. The summed E-state index contributed by atoms with van der Waals surface area (Å²) in [6.07, 6.45) is 7.53. The second kappa shape index (κ2) is 13.1. The van der Waals surface area contributed by atoms with Crippen molar-refractivity contribution in [1.82, 2.24) is 10.2 Å². The van der Waals surface area contributed by atoms with Crippen LogP contribution in [0.1, 0.15) is 27.7 Å². The van der Waals surface area contributed by atoms with Crippen LogP contribution in [0.2, 0.25) is 0 Å². The maximum absolute atomic E-state index is 11.6. The van der Waals surface area contributed by atoms with Gasteiger partial charge in [-0.2, -0.15) is 0 Å². The van der Waals surface area contributed by atoms with E-state index < -0.39 is 0 Å². The molecule has 0 unspecified atom stereocenters. The number of hydrogen-bond acceptors (Lipinski definition) is 5. The standard InChI is InChI=1S/C11H11NO.C6H9NO.C5H7NO.C5H6O2/c1-9-7-8-12(11(9)13)10-5-3-2-4-6-10;1-5-3-4-7(2)6(5)8;1-4-2-3-6-5(4)7;1-4-2-3-7-5(4)6/h2-7H,8H2,1H3;3H,4H2,1-2H3;2H,3H2,1H3,(H,6,7);2H,3H2,1H3. The lowest BCUT2D eigenvalue weighted by Crippen LogP contribution is -2.25. The number of ether oxygens (including phenoxy) is 1. The Bertz CT molecular complexity index is 1050. The lowest BCUT2D eigenvalue weighted by atomic mass is 10.3. The van der Waals surface area contributed by atoms with Crippen molar-refractivity contribution in [3.05, 3.63) is 76.9 Å². The van der Waals surface area contributed by atoms with E-state index in [-0.39, 0.29) is 23.7 Å². The van der Waals surface area contributed by atoms with Crippen molar-refractivity contribution >= 4 is 29.4 Å². The van der Waals surface area contributed by atoms with Crippen molar-refractivity contribution in [3.63, 3.8) is 0 Å². The summed E-state index contributed by atoms with van der Waals surface area (Å²) in [5.41, 5.74) is 4.23. The molecule has 0 spiro atoms. The number of hydrogen-bond donors (Lipinski definition) is 1. The molecule has 8 heteroatoms. The minimum atomic E-state index is -0.181. The van der Waals surface area contributed by atoms with Crippen molar-refractivity contribution in [2.75, 3.05) is 38.2 Å². The number of benzene rings is 1. The predicted octanol–water partition coefficient (Wildman–Crippen LogP) is 2.94. The van der Waals surface area contributed by atoms with E-state index in [2.05, 4.69) is 10.1 Å². The Morgan fingerprint density at radius 2 is 1.37 bits per heavy atom. The van der Waals surface area contributed by atoms with Gasteiger partial charge in [-0.05, 0) is 45.9 Å². The van der Waals surface area contributed by atoms with Crippen molar-refractivity contribution < 1.29 is 23.9 Å². The number of anilines is 1. The third-order valence-corrected chi connectivity index (χ3v) is 5.54. The first-order chi connectivity index (χ1) is 16.6. The van der Waals surface area contributed by atoms with Crippen LogP contribution in [-0.2, 0) is 23.9 Å². The molecule has 1 aromatic rings. The Kier molecular flexibility index (Phi) is 10.2. The molecule has 4 aliphatic rings. The summed E-state index contributed by atoms with van der Waals surface area (Å²) >= 11 is 0. The van der Waals surface area contributed by atoms with Crippen LogP contribution in [0.25, 0.3) is 0 Å². The number of nitrogens with one attached hydrogen (secondary N) is 1. The number of amides is 3. The van der Waals surface area contributed by atoms with E-state index in [9.17, 15) is 19.2 Å². The molecule has 0 aliphatic carbocycles. The first-order valence-corrected chi connectivity index (χ1v) is 11.4. The molecule has 0 saturated heterocycles. The summed E-state index contributed by atoms with van der Waals surface area (Å²) < 4.78 is 4.53. The molecule has 3 amide bonds. The van der Waals surface area contributed by atoms with Crippen molar-refractivity contribution in [3.8, 4) is 0 Å². The van der Waals surface area contributed by atoms with Crippen molar-refractivity contribution in [2.24, 2.45) is 0 Å². The van der Waals surface area contributed by atoms with Gasteiger partial charge in [0.1, 0.15) is 6.61 Å². The van der Waals surface area contributed by atoms with E-state index in [0.717, 1.165) is 34.5 Å². The molecule has 1 aromatic carbocycles. The molecule has 35 heavy (non-hydrogen) atoms. The van der Waals surface area contributed by atoms with Gasteiger partial charge in [0, 0.05) is 54.7 Å². The SMILES string of the molecule is CC1=CCN(C)C1=O.CC1=CCN(c2ccccc2)C1=O.CC1=CCNC1=O.CC1=CCOC1=O. The van der Waals surface area contributed by atoms with Gasteiger partial charge in [-0.1, -0.05) is 36.4 Å². The Hall–Kier alpha value is -3.94. The Balaban J connectivity index is 0.000000172. The summed E-state index contributed by atoms with van der Waals surface area (Å²) in [7, 11) is 1.80. The van der Waals surface area contributed by atoms with Gasteiger partial charge in [-0.15, -0.1) is 0 Å². The molecule has 0 bridgehead atoms. The predicted molar refractivity (Wildman–Crippen MR) is 135 cm³/mol. The maximum Gasteiger partial charge on any atom is 0.333 e. The lowest BCUT2D eigenvalue weighted by molar-refractivity contribution is -0.135. The van der Waals surface area contributed by atoms with E-state index in [1.807, 2.05) is 69.3 Å². The van der Waals surface area contributed by atoms with Gasteiger partial charge < -0.3 is 19.9 Å². The van der Waals surface area contributed by atoms with E-state index >= 15 is 0 Å². The van der Waals surface area contributed by atoms with Crippen molar-refractivity contribution in [1.29, 1.82) is 0 Å². The minimum Gasteiger partial charge on any atom is -0.458 e. The molecule has 1 N–H and O–H groups in total. The molecule has 0 fully saturated rings. The number of carbonyl (C=O) groups excluding carboxylic acids is 4. The molecule has 0 saturated carbocycles. The fraction of sp³-hybridized carbons (Fsp3) is 0.333. The van der Waals surface area contributed by atoms with E-state index in [1.54, 1.807) is 29.8 Å². The summed E-state index contributed by atoms with van der Waals surface area (Å²) in [6.45, 7) is 9.91. The topological polar surface area (TPSA) is 96.0 Å². The Morgan fingerprint density at radius 3 is 1.66 bits per heavy atom. The van der Waals surface area contributed by atoms with Gasteiger partial charge in [0.05, 0.1) is 0 Å². The van der Waals surface area contributed by atoms with E-state index in [1.165, 1.54) is 0 Å². The third kappa shape index (κ3) is 8.10. The zero-order chi connectivity index (χ0) is 26.0. The normalized spacial score (nSPS) is 18.1. The van der Waals surface area contributed by atoms with Crippen molar-refractivity contribution in [2.45, 2.75) is 27.7 Å². The monoisotopic (exact) mass is 479 g/mol. The molecule has 8 nitrogen and oxygen atoms in total. The zero-order valence-corrected chi connectivity index (χ0v) is 21.0. The molecule has 0 atom stereocenters. The zero-order valence-electron chi connectivity index (χ0n) is 21.0. The highest BCUT2D eigenvalue weighted by Crippen LogP contribution is 2.20. The summed E-state index contributed by atoms with van der Waals surface area (Å²) in [4.78, 5) is 46.5. The van der Waals surface area contributed by atoms with Gasteiger partial charge in [-0.3, -0.25) is 14.4 Å². The second-order valence-electron chi connectivity index (χ2n) is 8.29. The maximum atomic E-state index is 11.6. The molecule has 0 aromatic heterocycles. The van der Waals surface area contributed by atoms with Crippen LogP contribution in [0.3, 0.4) is 0 Å². The molecule has 4 aliphatic heterocycles. The van der Waals surface area contributed by atoms with Crippen LogP contribution in [0, 0.1) is 0 Å². The number of esters is 1. The first kappa shape index (κ1) is 27.3. The van der Waals surface area contributed by atoms with Crippen LogP contribution in [0.4, 0.5) is 5.69 Å².